The number of fused-ring (bicyclic) bond motifs is 2. The minimum Gasteiger partial charge on any atom is -0.491 e. The SMILES string of the molecule is CN(C)CC#Cc1ccc(OCCCc2ccc(N3CCc4cccc(C(=O)N(COCC[Si](C)(C)C)c5nc6ccccc6s5)c4C3)nc2C(=O)OC(C)(C)C)c(F)c1. The number of carbonyl (C=O) groups is 2. The van der Waals surface area contributed by atoms with Crippen LogP contribution in [-0.2, 0) is 28.9 Å². The summed E-state index contributed by atoms with van der Waals surface area (Å²) in [6.45, 7) is 14.9. The molecule has 0 fully saturated rings. The molecule has 5 aromatic rings. The Labute approximate surface area is 358 Å². The standard InChI is InChI=1S/C47H56FN5O5SSi/c1-47(2,3)58-45(55)43-35(16-13-27-57-40-22-20-33(30-38(40)48)14-12-25-51(4)5)21-23-42(50-43)52-26-24-34-15-11-17-36(37(34)31-52)44(54)53(32-56-28-29-60(6,7)8)46-49-39-18-9-10-19-41(39)59-46/h9-11,15,17-23,30H,13,16,24-29,31-32H2,1-8H3. The van der Waals surface area contributed by atoms with Gasteiger partial charge in [-0.05, 0) is 119 Å². The number of nitrogens with zero attached hydrogens (tertiary/aromatic N) is 5. The van der Waals surface area contributed by atoms with Crippen molar-refractivity contribution in [2.24, 2.45) is 0 Å². The molecule has 6 rings (SSSR count). The monoisotopic (exact) mass is 849 g/mol. The molecule has 0 saturated carbocycles. The molecule has 0 aliphatic carbocycles. The van der Waals surface area contributed by atoms with E-state index < -0.39 is 25.5 Å². The van der Waals surface area contributed by atoms with E-state index in [2.05, 4.69) is 42.4 Å². The van der Waals surface area contributed by atoms with E-state index in [1.807, 2.05) is 88.3 Å². The van der Waals surface area contributed by atoms with Gasteiger partial charge in [0.05, 0.1) is 23.4 Å². The Bertz CT molecular complexity index is 2340. The van der Waals surface area contributed by atoms with Crippen molar-refractivity contribution in [2.75, 3.05) is 56.9 Å². The lowest BCUT2D eigenvalue weighted by Gasteiger charge is -2.32. The molecule has 316 valence electrons. The minimum atomic E-state index is -1.35. The van der Waals surface area contributed by atoms with Gasteiger partial charge in [0.1, 0.15) is 18.1 Å². The molecule has 0 unspecified atom stereocenters. The summed E-state index contributed by atoms with van der Waals surface area (Å²) in [5.41, 5.74) is 4.19. The van der Waals surface area contributed by atoms with Crippen molar-refractivity contribution in [2.45, 2.75) is 77.9 Å². The Kier molecular flexibility index (Phi) is 14.4. The second-order valence-corrected chi connectivity index (χ2v) is 24.1. The van der Waals surface area contributed by atoms with Crippen LogP contribution >= 0.6 is 11.3 Å². The molecule has 0 bridgehead atoms. The first-order valence-corrected chi connectivity index (χ1v) is 25.0. The third kappa shape index (κ3) is 12.0. The van der Waals surface area contributed by atoms with E-state index in [0.717, 1.165) is 27.4 Å². The highest BCUT2D eigenvalue weighted by Gasteiger charge is 2.29. The van der Waals surface area contributed by atoms with Gasteiger partial charge in [-0.1, -0.05) is 73.2 Å². The minimum absolute atomic E-state index is 0.0948. The molecule has 0 spiro atoms. The Morgan fingerprint density at radius 2 is 1.78 bits per heavy atom. The maximum Gasteiger partial charge on any atom is 0.357 e. The Morgan fingerprint density at radius 3 is 2.52 bits per heavy atom. The first kappa shape index (κ1) is 44.4. The number of para-hydroxylation sites is 1. The maximum absolute atomic E-state index is 14.8. The quantitative estimate of drug-likeness (QED) is 0.0336. The molecule has 2 aromatic heterocycles. The van der Waals surface area contributed by atoms with Gasteiger partial charge < -0.3 is 19.1 Å². The Morgan fingerprint density at radius 1 is 0.983 bits per heavy atom. The third-order valence-electron chi connectivity index (χ3n) is 9.77. The lowest BCUT2D eigenvalue weighted by atomic mass is 9.94. The fourth-order valence-electron chi connectivity index (χ4n) is 6.63. The van der Waals surface area contributed by atoms with Gasteiger partial charge in [0.2, 0.25) is 0 Å². The van der Waals surface area contributed by atoms with Crippen LogP contribution in [0.25, 0.3) is 10.2 Å². The number of carbonyl (C=O) groups excluding carboxylic acids is 2. The van der Waals surface area contributed by atoms with Crippen molar-refractivity contribution in [3.63, 3.8) is 0 Å². The number of hydrogen-bond donors (Lipinski definition) is 0. The van der Waals surface area contributed by atoms with Gasteiger partial charge in [0.25, 0.3) is 5.91 Å². The summed E-state index contributed by atoms with van der Waals surface area (Å²) in [5.74, 6) is 5.56. The van der Waals surface area contributed by atoms with E-state index in [1.165, 1.54) is 17.4 Å². The number of amides is 1. The van der Waals surface area contributed by atoms with Crippen LogP contribution in [0.2, 0.25) is 25.7 Å². The highest BCUT2D eigenvalue weighted by molar-refractivity contribution is 7.22. The molecule has 0 radical (unpaired) electrons. The largest absolute Gasteiger partial charge is 0.491 e. The Hall–Kier alpha value is -5.13. The van der Waals surface area contributed by atoms with E-state index in [-0.39, 0.29) is 30.7 Å². The van der Waals surface area contributed by atoms with Gasteiger partial charge in [-0.25, -0.2) is 19.2 Å². The van der Waals surface area contributed by atoms with Crippen LogP contribution in [0.1, 0.15) is 70.3 Å². The number of rotatable bonds is 15. The number of hydrogen-bond acceptors (Lipinski definition) is 10. The van der Waals surface area contributed by atoms with Crippen LogP contribution < -0.4 is 14.5 Å². The lowest BCUT2D eigenvalue weighted by Crippen LogP contribution is -2.37. The van der Waals surface area contributed by atoms with E-state index in [9.17, 15) is 14.0 Å². The van der Waals surface area contributed by atoms with Crippen molar-refractivity contribution in [3.8, 4) is 17.6 Å². The molecule has 0 atom stereocenters. The number of aryl methyl sites for hydroxylation is 1. The fraction of sp³-hybridized carbons (Fsp3) is 0.404. The number of halogens is 1. The molecule has 1 amide bonds. The summed E-state index contributed by atoms with van der Waals surface area (Å²) in [5, 5.41) is 0.591. The normalized spacial score (nSPS) is 12.9. The van der Waals surface area contributed by atoms with Crippen molar-refractivity contribution in [1.82, 2.24) is 14.9 Å². The number of thiazole rings is 1. The molecule has 3 heterocycles. The van der Waals surface area contributed by atoms with E-state index in [1.54, 1.807) is 17.0 Å². The smallest absolute Gasteiger partial charge is 0.357 e. The van der Waals surface area contributed by atoms with Gasteiger partial charge in [-0.2, -0.15) is 0 Å². The van der Waals surface area contributed by atoms with Crippen LogP contribution in [0.5, 0.6) is 5.75 Å². The average molecular weight is 850 g/mol. The van der Waals surface area contributed by atoms with Gasteiger partial charge in [0.15, 0.2) is 22.4 Å². The highest BCUT2D eigenvalue weighted by atomic mass is 32.1. The lowest BCUT2D eigenvalue weighted by molar-refractivity contribution is 0.00613. The molecule has 10 nitrogen and oxygen atoms in total. The first-order chi connectivity index (χ1) is 28.5. The number of aromatic nitrogens is 2. The van der Waals surface area contributed by atoms with E-state index in [0.29, 0.717) is 73.1 Å². The molecule has 13 heteroatoms. The number of pyridine rings is 1. The van der Waals surface area contributed by atoms with Crippen molar-refractivity contribution < 1.29 is 28.2 Å². The summed E-state index contributed by atoms with van der Waals surface area (Å²) in [4.78, 5) is 43.8. The van der Waals surface area contributed by atoms with Crippen LogP contribution in [0.4, 0.5) is 15.3 Å². The zero-order valence-corrected chi connectivity index (χ0v) is 37.9. The number of benzene rings is 3. The summed E-state index contributed by atoms with van der Waals surface area (Å²) >= 11 is 1.47. The summed E-state index contributed by atoms with van der Waals surface area (Å²) in [6, 6.07) is 23.3. The first-order valence-electron chi connectivity index (χ1n) is 20.4. The van der Waals surface area contributed by atoms with Crippen molar-refractivity contribution in [3.05, 3.63) is 112 Å². The average Bonchev–Trinajstić information content (AvgIpc) is 3.62. The van der Waals surface area contributed by atoms with Crippen LogP contribution in [0, 0.1) is 17.7 Å². The molecule has 3 aromatic carbocycles. The van der Waals surface area contributed by atoms with Gasteiger partial charge in [0, 0.05) is 38.9 Å². The summed E-state index contributed by atoms with van der Waals surface area (Å²) in [6.07, 6.45) is 1.66. The van der Waals surface area contributed by atoms with Gasteiger partial charge >= 0.3 is 5.97 Å². The van der Waals surface area contributed by atoms with Crippen LogP contribution in [-0.4, -0.2) is 87.5 Å². The predicted octanol–water partition coefficient (Wildman–Crippen LogP) is 9.23. The van der Waals surface area contributed by atoms with E-state index in [4.69, 9.17) is 24.2 Å². The van der Waals surface area contributed by atoms with Crippen molar-refractivity contribution in [1.29, 1.82) is 0 Å². The zero-order chi connectivity index (χ0) is 43.0. The second kappa shape index (κ2) is 19.5. The van der Waals surface area contributed by atoms with Crippen molar-refractivity contribution >= 4 is 52.5 Å². The maximum atomic E-state index is 14.8. The predicted molar refractivity (Wildman–Crippen MR) is 242 cm³/mol. The zero-order valence-electron chi connectivity index (χ0n) is 36.1. The van der Waals surface area contributed by atoms with E-state index >= 15 is 0 Å². The molecule has 1 aliphatic rings. The molecule has 0 saturated heterocycles. The Balaban J connectivity index is 1.20. The third-order valence-corrected chi connectivity index (χ3v) is 12.5. The fourth-order valence-corrected chi connectivity index (χ4v) is 8.34. The van der Waals surface area contributed by atoms with Crippen LogP contribution in [0.3, 0.4) is 0 Å². The van der Waals surface area contributed by atoms with Gasteiger partial charge in [-0.3, -0.25) is 14.6 Å². The second-order valence-electron chi connectivity index (χ2n) is 17.5. The molecule has 60 heavy (non-hydrogen) atoms. The number of anilines is 2. The molecular formula is C47H56FN5O5SSi. The summed E-state index contributed by atoms with van der Waals surface area (Å²) in [7, 11) is 2.50. The topological polar surface area (TPSA) is 97.3 Å². The molecule has 1 aliphatic heterocycles. The van der Waals surface area contributed by atoms with Gasteiger partial charge in [-0.15, -0.1) is 0 Å². The number of esters is 1. The molecular weight excluding hydrogens is 794 g/mol. The molecule has 0 N–H and O–H groups in total. The number of ether oxygens (including phenoxy) is 3. The van der Waals surface area contributed by atoms with Crippen LogP contribution in [0.15, 0.2) is 72.8 Å². The summed E-state index contributed by atoms with van der Waals surface area (Å²) < 4.78 is 33.7. The highest BCUT2D eigenvalue weighted by Crippen LogP contribution is 2.33.